The molecule has 0 spiro atoms. The van der Waals surface area contributed by atoms with Crippen molar-refractivity contribution in [1.29, 1.82) is 0 Å². The molecule has 0 saturated carbocycles. The van der Waals surface area contributed by atoms with E-state index in [0.717, 1.165) is 6.42 Å². The lowest BCUT2D eigenvalue weighted by molar-refractivity contribution is -0.138. The molecule has 2 N–H and O–H groups in total. The van der Waals surface area contributed by atoms with Gasteiger partial charge in [0.05, 0.1) is 6.04 Å². The summed E-state index contributed by atoms with van der Waals surface area (Å²) in [5, 5.41) is 6.16. The zero-order chi connectivity index (χ0) is 14.8. The largest absolute Gasteiger partial charge is 0.350 e. The van der Waals surface area contributed by atoms with Gasteiger partial charge in [-0.3, -0.25) is 9.59 Å². The Morgan fingerprint density at radius 1 is 1.32 bits per heavy atom. The Hall–Kier alpha value is -1.10. The minimum Gasteiger partial charge on any atom is -0.350 e. The number of carbonyl (C=O) groups excluding carboxylic acids is 2. The molecule has 19 heavy (non-hydrogen) atoms. The molecule has 1 rings (SSSR count). The Morgan fingerprint density at radius 2 is 1.89 bits per heavy atom. The van der Waals surface area contributed by atoms with E-state index in [0.29, 0.717) is 6.54 Å². The summed E-state index contributed by atoms with van der Waals surface area (Å²) in [6.45, 7) is 12.3. The van der Waals surface area contributed by atoms with Gasteiger partial charge in [0.1, 0.15) is 6.04 Å². The number of carbonyl (C=O) groups is 2. The molecule has 1 aliphatic heterocycles. The average molecular weight is 269 g/mol. The molecule has 0 radical (unpaired) electrons. The summed E-state index contributed by atoms with van der Waals surface area (Å²) in [5.74, 6) is -0.0590. The monoisotopic (exact) mass is 269 g/mol. The Kier molecular flexibility index (Phi) is 4.96. The summed E-state index contributed by atoms with van der Waals surface area (Å²) in [7, 11) is 0. The maximum atomic E-state index is 12.2. The van der Waals surface area contributed by atoms with Gasteiger partial charge in [-0.15, -0.1) is 0 Å². The van der Waals surface area contributed by atoms with E-state index in [4.69, 9.17) is 0 Å². The second-order valence-electron chi connectivity index (χ2n) is 6.61. The highest BCUT2D eigenvalue weighted by Crippen LogP contribution is 2.16. The van der Waals surface area contributed by atoms with Crippen LogP contribution in [0.2, 0.25) is 0 Å². The average Bonchev–Trinajstić information content (AvgIpc) is 2.56. The number of likely N-dealkylation sites (tertiary alicyclic amines) is 1. The molecule has 1 fully saturated rings. The number of amides is 2. The van der Waals surface area contributed by atoms with E-state index in [1.807, 2.05) is 34.6 Å². The van der Waals surface area contributed by atoms with Crippen molar-refractivity contribution in [2.24, 2.45) is 0 Å². The molecule has 2 unspecified atom stereocenters. The highest BCUT2D eigenvalue weighted by atomic mass is 16.2. The van der Waals surface area contributed by atoms with Crippen LogP contribution in [-0.2, 0) is 9.59 Å². The van der Waals surface area contributed by atoms with Crippen LogP contribution in [0, 0.1) is 0 Å². The highest BCUT2D eigenvalue weighted by Gasteiger charge is 2.37. The van der Waals surface area contributed by atoms with E-state index in [-0.39, 0.29) is 29.4 Å². The molecule has 0 aromatic carbocycles. The first-order valence-corrected chi connectivity index (χ1v) is 7.00. The lowest BCUT2D eigenvalue weighted by atomic mass is 10.1. The minimum absolute atomic E-state index is 0.0326. The van der Waals surface area contributed by atoms with Crippen LogP contribution in [0.5, 0.6) is 0 Å². The van der Waals surface area contributed by atoms with Crippen molar-refractivity contribution in [2.75, 3.05) is 6.54 Å². The SMILES string of the molecule is CC(C)NC1CCN(C(C)C(=O)NC(C)(C)C)C1=O. The van der Waals surface area contributed by atoms with Gasteiger partial charge in [0.25, 0.3) is 0 Å². The van der Waals surface area contributed by atoms with Gasteiger partial charge in [-0.2, -0.15) is 0 Å². The summed E-state index contributed by atoms with van der Waals surface area (Å²) < 4.78 is 0. The van der Waals surface area contributed by atoms with Crippen LogP contribution >= 0.6 is 0 Å². The van der Waals surface area contributed by atoms with Crippen LogP contribution in [0.1, 0.15) is 48.0 Å². The summed E-state index contributed by atoms with van der Waals surface area (Å²) in [4.78, 5) is 26.0. The van der Waals surface area contributed by atoms with Gasteiger partial charge in [-0.05, 0) is 34.1 Å². The second kappa shape index (κ2) is 5.90. The number of rotatable bonds is 4. The molecule has 1 saturated heterocycles. The van der Waals surface area contributed by atoms with Crippen molar-refractivity contribution in [3.05, 3.63) is 0 Å². The van der Waals surface area contributed by atoms with Gasteiger partial charge in [-0.25, -0.2) is 0 Å². The Morgan fingerprint density at radius 3 is 2.37 bits per heavy atom. The van der Waals surface area contributed by atoms with Gasteiger partial charge in [-0.1, -0.05) is 13.8 Å². The standard InChI is InChI=1S/C14H27N3O2/c1-9(2)15-11-7-8-17(13(11)19)10(3)12(18)16-14(4,5)6/h9-11,15H,7-8H2,1-6H3,(H,16,18). The number of nitrogens with zero attached hydrogens (tertiary/aromatic N) is 1. The molecule has 5 nitrogen and oxygen atoms in total. The van der Waals surface area contributed by atoms with E-state index in [9.17, 15) is 9.59 Å². The van der Waals surface area contributed by atoms with Crippen molar-refractivity contribution in [3.8, 4) is 0 Å². The first kappa shape index (κ1) is 16.0. The molecular formula is C14H27N3O2. The molecular weight excluding hydrogens is 242 g/mol. The topological polar surface area (TPSA) is 61.4 Å². The van der Waals surface area contributed by atoms with Crippen LogP contribution < -0.4 is 10.6 Å². The molecule has 1 aliphatic rings. The molecule has 0 aromatic rings. The summed E-state index contributed by atoms with van der Waals surface area (Å²) in [6.07, 6.45) is 0.768. The van der Waals surface area contributed by atoms with E-state index >= 15 is 0 Å². The smallest absolute Gasteiger partial charge is 0.242 e. The van der Waals surface area contributed by atoms with Crippen LogP contribution in [0.25, 0.3) is 0 Å². The Labute approximate surface area is 116 Å². The van der Waals surface area contributed by atoms with E-state index in [1.165, 1.54) is 0 Å². The quantitative estimate of drug-likeness (QED) is 0.797. The molecule has 5 heteroatoms. The summed E-state index contributed by atoms with van der Waals surface area (Å²) in [5.41, 5.74) is -0.274. The van der Waals surface area contributed by atoms with Crippen molar-refractivity contribution >= 4 is 11.8 Å². The fraction of sp³-hybridized carbons (Fsp3) is 0.857. The predicted octanol–water partition coefficient (Wildman–Crippen LogP) is 0.889. The normalized spacial score (nSPS) is 21.9. The van der Waals surface area contributed by atoms with Crippen molar-refractivity contribution in [3.63, 3.8) is 0 Å². The van der Waals surface area contributed by atoms with Crippen LogP contribution in [-0.4, -0.2) is 46.9 Å². The lowest BCUT2D eigenvalue weighted by Crippen LogP contribution is -2.52. The molecule has 2 atom stereocenters. The number of nitrogens with one attached hydrogen (secondary N) is 2. The molecule has 1 heterocycles. The fourth-order valence-electron chi connectivity index (χ4n) is 2.26. The van der Waals surface area contributed by atoms with Crippen molar-refractivity contribution < 1.29 is 9.59 Å². The Balaban J connectivity index is 2.62. The fourth-order valence-corrected chi connectivity index (χ4v) is 2.26. The molecule has 110 valence electrons. The van der Waals surface area contributed by atoms with E-state index < -0.39 is 6.04 Å². The van der Waals surface area contributed by atoms with E-state index in [2.05, 4.69) is 10.6 Å². The molecule has 2 amide bonds. The second-order valence-corrected chi connectivity index (χ2v) is 6.61. The zero-order valence-corrected chi connectivity index (χ0v) is 12.9. The maximum absolute atomic E-state index is 12.2. The maximum Gasteiger partial charge on any atom is 0.242 e. The summed E-state index contributed by atoms with van der Waals surface area (Å²) in [6, 6.07) is -0.289. The van der Waals surface area contributed by atoms with E-state index in [1.54, 1.807) is 11.8 Å². The lowest BCUT2D eigenvalue weighted by Gasteiger charge is -2.28. The first-order valence-electron chi connectivity index (χ1n) is 7.00. The van der Waals surface area contributed by atoms with Gasteiger partial charge in [0.2, 0.25) is 11.8 Å². The van der Waals surface area contributed by atoms with Crippen molar-refractivity contribution in [2.45, 2.75) is 71.6 Å². The molecule has 0 aromatic heterocycles. The molecule has 0 aliphatic carbocycles. The third kappa shape index (κ3) is 4.49. The number of hydrogen-bond donors (Lipinski definition) is 2. The zero-order valence-electron chi connectivity index (χ0n) is 12.9. The van der Waals surface area contributed by atoms with Crippen LogP contribution in [0.15, 0.2) is 0 Å². The summed E-state index contributed by atoms with van der Waals surface area (Å²) >= 11 is 0. The van der Waals surface area contributed by atoms with Crippen LogP contribution in [0.4, 0.5) is 0 Å². The van der Waals surface area contributed by atoms with Crippen LogP contribution in [0.3, 0.4) is 0 Å². The predicted molar refractivity (Wildman–Crippen MR) is 75.7 cm³/mol. The number of hydrogen-bond acceptors (Lipinski definition) is 3. The van der Waals surface area contributed by atoms with Gasteiger partial charge in [0.15, 0.2) is 0 Å². The van der Waals surface area contributed by atoms with Gasteiger partial charge >= 0.3 is 0 Å². The molecule has 0 bridgehead atoms. The van der Waals surface area contributed by atoms with Gasteiger partial charge < -0.3 is 15.5 Å². The minimum atomic E-state index is -0.411. The van der Waals surface area contributed by atoms with Gasteiger partial charge in [0, 0.05) is 18.1 Å². The van der Waals surface area contributed by atoms with Crippen molar-refractivity contribution in [1.82, 2.24) is 15.5 Å². The first-order chi connectivity index (χ1) is 8.61. The Bertz CT molecular complexity index is 347. The highest BCUT2D eigenvalue weighted by molar-refractivity contribution is 5.91. The third-order valence-corrected chi connectivity index (χ3v) is 3.12. The third-order valence-electron chi connectivity index (χ3n) is 3.12.